The minimum Gasteiger partial charge on any atom is -0.494 e. The van der Waals surface area contributed by atoms with Crippen LogP contribution in [0.5, 0.6) is 11.5 Å². The van der Waals surface area contributed by atoms with Crippen molar-refractivity contribution in [2.75, 3.05) is 19.8 Å². The van der Waals surface area contributed by atoms with Gasteiger partial charge in [-0.2, -0.15) is 5.10 Å². The number of halogens is 1. The molecular weight excluding hydrogens is 438 g/mol. The van der Waals surface area contributed by atoms with Crippen LogP contribution in [0.2, 0.25) is 0 Å². The summed E-state index contributed by atoms with van der Waals surface area (Å²) in [5.74, 6) is 0.573. The SMILES string of the molecule is CCCOc1ccc(Br)cc1/C=N/NC(=O)CNC(=O)c1ccc(OCC)cc1. The molecule has 0 fully saturated rings. The van der Waals surface area contributed by atoms with Crippen LogP contribution >= 0.6 is 15.9 Å². The maximum absolute atomic E-state index is 12.1. The third-order valence-corrected chi connectivity index (χ3v) is 4.16. The minimum atomic E-state index is -0.438. The second-order valence-electron chi connectivity index (χ2n) is 5.96. The van der Waals surface area contributed by atoms with E-state index in [0.29, 0.717) is 30.3 Å². The molecule has 8 heteroatoms. The number of amides is 2. The first-order chi connectivity index (χ1) is 14.0. The lowest BCUT2D eigenvalue weighted by Crippen LogP contribution is -2.34. The number of carbonyl (C=O) groups is 2. The van der Waals surface area contributed by atoms with Gasteiger partial charge in [0, 0.05) is 15.6 Å². The van der Waals surface area contributed by atoms with Crippen LogP contribution in [-0.4, -0.2) is 37.8 Å². The van der Waals surface area contributed by atoms with Gasteiger partial charge in [-0.3, -0.25) is 9.59 Å². The number of nitrogens with one attached hydrogen (secondary N) is 2. The zero-order valence-electron chi connectivity index (χ0n) is 16.4. The molecule has 2 rings (SSSR count). The van der Waals surface area contributed by atoms with E-state index in [-0.39, 0.29) is 12.5 Å². The highest BCUT2D eigenvalue weighted by Crippen LogP contribution is 2.22. The number of benzene rings is 2. The Balaban J connectivity index is 1.85. The Kier molecular flexibility index (Phi) is 9.17. The molecule has 0 saturated carbocycles. The van der Waals surface area contributed by atoms with Gasteiger partial charge in [-0.15, -0.1) is 0 Å². The molecule has 29 heavy (non-hydrogen) atoms. The first kappa shape index (κ1) is 22.4. The zero-order chi connectivity index (χ0) is 21.1. The summed E-state index contributed by atoms with van der Waals surface area (Å²) in [5, 5.41) is 6.49. The van der Waals surface area contributed by atoms with Gasteiger partial charge >= 0.3 is 0 Å². The first-order valence-electron chi connectivity index (χ1n) is 9.28. The summed E-state index contributed by atoms with van der Waals surface area (Å²) in [5.41, 5.74) is 3.56. The van der Waals surface area contributed by atoms with Crippen molar-refractivity contribution in [1.82, 2.24) is 10.7 Å². The highest BCUT2D eigenvalue weighted by atomic mass is 79.9. The topological polar surface area (TPSA) is 89.0 Å². The van der Waals surface area contributed by atoms with Crippen LogP contribution in [0.25, 0.3) is 0 Å². The lowest BCUT2D eigenvalue weighted by atomic mass is 10.2. The lowest BCUT2D eigenvalue weighted by Gasteiger charge is -2.08. The van der Waals surface area contributed by atoms with Crippen LogP contribution in [0.4, 0.5) is 0 Å². The molecule has 2 aromatic carbocycles. The van der Waals surface area contributed by atoms with Gasteiger partial charge in [-0.05, 0) is 55.8 Å². The van der Waals surface area contributed by atoms with E-state index in [1.165, 1.54) is 6.21 Å². The van der Waals surface area contributed by atoms with Gasteiger partial charge in [0.25, 0.3) is 11.8 Å². The van der Waals surface area contributed by atoms with E-state index in [4.69, 9.17) is 9.47 Å². The smallest absolute Gasteiger partial charge is 0.259 e. The highest BCUT2D eigenvalue weighted by Gasteiger charge is 2.08. The number of rotatable bonds is 10. The molecule has 0 heterocycles. The summed E-state index contributed by atoms with van der Waals surface area (Å²) in [6.45, 7) is 4.86. The van der Waals surface area contributed by atoms with Crippen molar-refractivity contribution in [3.8, 4) is 11.5 Å². The Labute approximate surface area is 178 Å². The molecular formula is C21H24BrN3O4. The van der Waals surface area contributed by atoms with Gasteiger partial charge in [-0.1, -0.05) is 22.9 Å². The molecule has 0 aliphatic rings. The first-order valence-corrected chi connectivity index (χ1v) is 10.1. The van der Waals surface area contributed by atoms with E-state index in [9.17, 15) is 9.59 Å². The minimum absolute atomic E-state index is 0.193. The Morgan fingerprint density at radius 1 is 1.10 bits per heavy atom. The van der Waals surface area contributed by atoms with Crippen LogP contribution in [0.3, 0.4) is 0 Å². The molecule has 2 N–H and O–H groups in total. The largest absolute Gasteiger partial charge is 0.494 e. The molecule has 0 aliphatic heterocycles. The van der Waals surface area contributed by atoms with Gasteiger partial charge in [0.05, 0.1) is 26.0 Å². The summed E-state index contributed by atoms with van der Waals surface area (Å²) >= 11 is 3.40. The summed E-state index contributed by atoms with van der Waals surface area (Å²) in [4.78, 5) is 24.0. The molecule has 2 aromatic rings. The van der Waals surface area contributed by atoms with Crippen molar-refractivity contribution in [1.29, 1.82) is 0 Å². The van der Waals surface area contributed by atoms with Crippen LogP contribution in [0, 0.1) is 0 Å². The second-order valence-corrected chi connectivity index (χ2v) is 6.88. The molecule has 0 aromatic heterocycles. The fourth-order valence-corrected chi connectivity index (χ4v) is 2.69. The van der Waals surface area contributed by atoms with Gasteiger partial charge in [0.15, 0.2) is 0 Å². The zero-order valence-corrected chi connectivity index (χ0v) is 18.0. The summed E-state index contributed by atoms with van der Waals surface area (Å²) in [6, 6.07) is 12.2. The molecule has 0 saturated heterocycles. The van der Waals surface area contributed by atoms with Crippen molar-refractivity contribution in [3.63, 3.8) is 0 Å². The third kappa shape index (κ3) is 7.57. The quantitative estimate of drug-likeness (QED) is 0.418. The molecule has 2 amide bonds. The van der Waals surface area contributed by atoms with Crippen LogP contribution in [0.15, 0.2) is 52.0 Å². The molecule has 7 nitrogen and oxygen atoms in total. The standard InChI is InChI=1S/C21H24BrN3O4/c1-3-11-29-19-10-7-17(22)12-16(19)13-24-25-20(26)14-23-21(27)15-5-8-18(9-6-15)28-4-2/h5-10,12-13H,3-4,11,14H2,1-2H3,(H,23,27)(H,25,26)/b24-13+. The van der Waals surface area contributed by atoms with E-state index in [2.05, 4.69) is 31.8 Å². The Morgan fingerprint density at radius 3 is 2.55 bits per heavy atom. The number of hydrogen-bond donors (Lipinski definition) is 2. The fraction of sp³-hybridized carbons (Fsp3) is 0.286. The monoisotopic (exact) mass is 461 g/mol. The molecule has 0 aliphatic carbocycles. The number of hydrogen-bond acceptors (Lipinski definition) is 5. The normalized spacial score (nSPS) is 10.6. The molecule has 154 valence electrons. The van der Waals surface area contributed by atoms with Gasteiger partial charge in [-0.25, -0.2) is 5.43 Å². The fourth-order valence-electron chi connectivity index (χ4n) is 2.31. The summed E-state index contributed by atoms with van der Waals surface area (Å²) < 4.78 is 11.9. The Morgan fingerprint density at radius 2 is 1.86 bits per heavy atom. The molecule has 0 radical (unpaired) electrons. The Hall–Kier alpha value is -2.87. The highest BCUT2D eigenvalue weighted by molar-refractivity contribution is 9.10. The van der Waals surface area contributed by atoms with Crippen molar-refractivity contribution < 1.29 is 19.1 Å². The lowest BCUT2D eigenvalue weighted by molar-refractivity contribution is -0.120. The summed E-state index contributed by atoms with van der Waals surface area (Å²) in [7, 11) is 0. The second kappa shape index (κ2) is 11.9. The van der Waals surface area contributed by atoms with Crippen molar-refractivity contribution in [2.24, 2.45) is 5.10 Å². The van der Waals surface area contributed by atoms with Crippen LogP contribution in [-0.2, 0) is 4.79 Å². The van der Waals surface area contributed by atoms with E-state index in [0.717, 1.165) is 16.5 Å². The molecule has 0 atom stereocenters. The van der Waals surface area contributed by atoms with E-state index in [1.54, 1.807) is 24.3 Å². The van der Waals surface area contributed by atoms with E-state index in [1.807, 2.05) is 32.0 Å². The maximum atomic E-state index is 12.1. The number of hydrazone groups is 1. The van der Waals surface area contributed by atoms with E-state index < -0.39 is 5.91 Å². The van der Waals surface area contributed by atoms with Gasteiger partial charge < -0.3 is 14.8 Å². The maximum Gasteiger partial charge on any atom is 0.259 e. The predicted octanol–water partition coefficient (Wildman–Crippen LogP) is 3.52. The Bertz CT molecular complexity index is 854. The molecule has 0 spiro atoms. The van der Waals surface area contributed by atoms with Crippen LogP contribution in [0.1, 0.15) is 36.2 Å². The number of ether oxygens (including phenoxy) is 2. The average molecular weight is 462 g/mol. The number of nitrogens with zero attached hydrogens (tertiary/aromatic N) is 1. The van der Waals surface area contributed by atoms with Crippen molar-refractivity contribution in [2.45, 2.75) is 20.3 Å². The van der Waals surface area contributed by atoms with Crippen LogP contribution < -0.4 is 20.2 Å². The molecule has 0 bridgehead atoms. The number of carbonyl (C=O) groups excluding carboxylic acids is 2. The predicted molar refractivity (Wildman–Crippen MR) is 116 cm³/mol. The van der Waals surface area contributed by atoms with E-state index >= 15 is 0 Å². The third-order valence-electron chi connectivity index (χ3n) is 3.66. The average Bonchev–Trinajstić information content (AvgIpc) is 2.72. The summed E-state index contributed by atoms with van der Waals surface area (Å²) in [6.07, 6.45) is 2.39. The van der Waals surface area contributed by atoms with Crippen molar-refractivity contribution in [3.05, 3.63) is 58.1 Å². The molecule has 0 unspecified atom stereocenters. The van der Waals surface area contributed by atoms with Gasteiger partial charge in [0.2, 0.25) is 0 Å². The van der Waals surface area contributed by atoms with Gasteiger partial charge in [0.1, 0.15) is 11.5 Å². The van der Waals surface area contributed by atoms with Crippen molar-refractivity contribution >= 4 is 34.0 Å².